The smallest absolute Gasteiger partial charge is 0.219 e. The molecule has 6 heteroatoms. The van der Waals surface area contributed by atoms with Gasteiger partial charge >= 0.3 is 0 Å². The number of hydrogen-bond donors (Lipinski definition) is 0. The van der Waals surface area contributed by atoms with Gasteiger partial charge in [0, 0.05) is 18.0 Å². The minimum Gasteiger partial charge on any atom is -0.481 e. The zero-order valence-corrected chi connectivity index (χ0v) is 10.5. The summed E-state index contributed by atoms with van der Waals surface area (Å²) in [6.45, 7) is 1.86. The van der Waals surface area contributed by atoms with E-state index in [1.165, 1.54) is 12.3 Å². The van der Waals surface area contributed by atoms with Gasteiger partial charge in [-0.15, -0.1) is 0 Å². The van der Waals surface area contributed by atoms with Crippen molar-refractivity contribution < 1.29 is 9.13 Å². The third-order valence-electron chi connectivity index (χ3n) is 2.82. The fourth-order valence-corrected chi connectivity index (χ4v) is 1.88. The lowest BCUT2D eigenvalue weighted by Crippen LogP contribution is -1.98. The molecule has 0 unspecified atom stereocenters. The molecule has 0 aromatic carbocycles. The van der Waals surface area contributed by atoms with Crippen LogP contribution < -0.4 is 4.74 Å². The maximum Gasteiger partial charge on any atom is 0.219 e. The molecule has 0 bridgehead atoms. The maximum absolute atomic E-state index is 13.3. The summed E-state index contributed by atoms with van der Waals surface area (Å²) in [5.41, 5.74) is 2.10. The third-order valence-corrected chi connectivity index (χ3v) is 2.82. The van der Waals surface area contributed by atoms with Crippen LogP contribution in [-0.4, -0.2) is 26.5 Å². The molecular weight excluding hydrogens is 247 g/mol. The molecule has 3 aromatic heterocycles. The van der Waals surface area contributed by atoms with Crippen LogP contribution in [0.25, 0.3) is 17.2 Å². The molecule has 3 rings (SSSR count). The van der Waals surface area contributed by atoms with Gasteiger partial charge in [-0.1, -0.05) is 0 Å². The van der Waals surface area contributed by atoms with Crippen molar-refractivity contribution in [1.82, 2.24) is 19.4 Å². The molecule has 96 valence electrons. The summed E-state index contributed by atoms with van der Waals surface area (Å²) in [6.07, 6.45) is 4.63. The van der Waals surface area contributed by atoms with E-state index in [1.807, 2.05) is 6.92 Å². The Bertz CT molecular complexity index is 753. The first kappa shape index (κ1) is 11.6. The van der Waals surface area contributed by atoms with E-state index in [0.717, 1.165) is 5.56 Å². The van der Waals surface area contributed by atoms with Gasteiger partial charge in [0.25, 0.3) is 0 Å². The minimum absolute atomic E-state index is 0.342. The second kappa shape index (κ2) is 4.31. The summed E-state index contributed by atoms with van der Waals surface area (Å²) in [7, 11) is 1.55. The van der Waals surface area contributed by atoms with Gasteiger partial charge < -0.3 is 4.74 Å². The lowest BCUT2D eigenvalue weighted by Gasteiger charge is -2.05. The predicted molar refractivity (Wildman–Crippen MR) is 67.5 cm³/mol. The van der Waals surface area contributed by atoms with Crippen LogP contribution in [0.5, 0.6) is 5.88 Å². The first-order valence-corrected chi connectivity index (χ1v) is 5.69. The Morgan fingerprint density at radius 2 is 2.05 bits per heavy atom. The van der Waals surface area contributed by atoms with Crippen LogP contribution in [0.15, 0.2) is 30.7 Å². The number of ether oxygens (including phenoxy) is 1. The molecule has 5 nitrogen and oxygen atoms in total. The van der Waals surface area contributed by atoms with Crippen LogP contribution in [0.2, 0.25) is 0 Å². The number of hydrogen-bond acceptors (Lipinski definition) is 4. The molecule has 19 heavy (non-hydrogen) atoms. The first-order valence-electron chi connectivity index (χ1n) is 5.69. The molecule has 0 saturated heterocycles. The minimum atomic E-state index is -0.342. The monoisotopic (exact) mass is 258 g/mol. The summed E-state index contributed by atoms with van der Waals surface area (Å²) in [5.74, 6) is 0.600. The van der Waals surface area contributed by atoms with Crippen LogP contribution in [-0.2, 0) is 0 Å². The Labute approximate surface area is 108 Å². The van der Waals surface area contributed by atoms with Crippen LogP contribution in [0.4, 0.5) is 4.39 Å². The molecule has 0 aliphatic carbocycles. The molecule has 0 fully saturated rings. The molecule has 0 amide bonds. The highest BCUT2D eigenvalue weighted by molar-refractivity contribution is 5.57. The van der Waals surface area contributed by atoms with Gasteiger partial charge in [0.2, 0.25) is 5.88 Å². The number of aryl methyl sites for hydroxylation is 1. The molecule has 0 atom stereocenters. The van der Waals surface area contributed by atoms with E-state index in [9.17, 15) is 4.39 Å². The topological polar surface area (TPSA) is 52.3 Å². The number of rotatable bonds is 2. The number of pyridine rings is 1. The van der Waals surface area contributed by atoms with E-state index in [1.54, 1.807) is 30.0 Å². The number of methoxy groups -OCH3 is 1. The molecule has 0 aliphatic heterocycles. The highest BCUT2D eigenvalue weighted by Crippen LogP contribution is 2.21. The van der Waals surface area contributed by atoms with E-state index in [-0.39, 0.29) is 5.82 Å². The molecular formula is C13H11FN4O. The quantitative estimate of drug-likeness (QED) is 0.707. The van der Waals surface area contributed by atoms with E-state index in [0.29, 0.717) is 23.0 Å². The van der Waals surface area contributed by atoms with Gasteiger partial charge in [-0.25, -0.2) is 14.4 Å². The van der Waals surface area contributed by atoms with Crippen LogP contribution in [0, 0.1) is 12.7 Å². The van der Waals surface area contributed by atoms with Crippen molar-refractivity contribution in [3.8, 4) is 17.4 Å². The van der Waals surface area contributed by atoms with Crippen LogP contribution in [0.3, 0.4) is 0 Å². The van der Waals surface area contributed by atoms with Gasteiger partial charge in [0.1, 0.15) is 17.2 Å². The number of fused-ring (bicyclic) bond motifs is 1. The van der Waals surface area contributed by atoms with Gasteiger partial charge in [0.05, 0.1) is 13.3 Å². The van der Waals surface area contributed by atoms with Crippen LogP contribution in [0.1, 0.15) is 5.56 Å². The number of imidazole rings is 1. The summed E-state index contributed by atoms with van der Waals surface area (Å²) in [4.78, 5) is 12.7. The van der Waals surface area contributed by atoms with Gasteiger partial charge in [0.15, 0.2) is 5.82 Å². The first-order chi connectivity index (χ1) is 9.19. The zero-order chi connectivity index (χ0) is 13.4. The lowest BCUT2D eigenvalue weighted by atomic mass is 10.3. The third kappa shape index (κ3) is 1.91. The van der Waals surface area contributed by atoms with Crippen molar-refractivity contribution in [2.45, 2.75) is 6.92 Å². The molecule has 0 spiro atoms. The molecule has 3 heterocycles. The van der Waals surface area contributed by atoms with Crippen molar-refractivity contribution in [2.75, 3.05) is 7.11 Å². The highest BCUT2D eigenvalue weighted by Gasteiger charge is 2.11. The van der Waals surface area contributed by atoms with Crippen molar-refractivity contribution in [1.29, 1.82) is 0 Å². The normalized spacial score (nSPS) is 10.9. The van der Waals surface area contributed by atoms with E-state index in [2.05, 4.69) is 15.0 Å². The average Bonchev–Trinajstić information content (AvgIpc) is 2.82. The van der Waals surface area contributed by atoms with Crippen molar-refractivity contribution in [2.24, 2.45) is 0 Å². The van der Waals surface area contributed by atoms with Crippen molar-refractivity contribution in [3.05, 3.63) is 42.1 Å². The van der Waals surface area contributed by atoms with Crippen molar-refractivity contribution >= 4 is 5.65 Å². The SMILES string of the molecule is COc1nc(-c2cnc3ccc(F)cn23)ncc1C. The number of nitrogens with zero attached hydrogens (tertiary/aromatic N) is 4. The average molecular weight is 258 g/mol. The van der Waals surface area contributed by atoms with Gasteiger partial charge in [-0.3, -0.25) is 4.40 Å². The molecule has 0 radical (unpaired) electrons. The zero-order valence-electron chi connectivity index (χ0n) is 10.5. The molecule has 0 saturated carbocycles. The van der Waals surface area contributed by atoms with E-state index in [4.69, 9.17) is 4.74 Å². The highest BCUT2D eigenvalue weighted by atomic mass is 19.1. The molecule has 0 aliphatic rings. The van der Waals surface area contributed by atoms with Gasteiger partial charge in [-0.2, -0.15) is 4.98 Å². The van der Waals surface area contributed by atoms with Crippen molar-refractivity contribution in [3.63, 3.8) is 0 Å². The maximum atomic E-state index is 13.3. The number of halogens is 1. The number of aromatic nitrogens is 4. The molecule has 3 aromatic rings. The second-order valence-electron chi connectivity index (χ2n) is 4.10. The Morgan fingerprint density at radius 3 is 2.84 bits per heavy atom. The Hall–Kier alpha value is -2.50. The summed E-state index contributed by atoms with van der Waals surface area (Å²) in [5, 5.41) is 0. The Morgan fingerprint density at radius 1 is 1.21 bits per heavy atom. The summed E-state index contributed by atoms with van der Waals surface area (Å²) >= 11 is 0. The fraction of sp³-hybridized carbons (Fsp3) is 0.154. The fourth-order valence-electron chi connectivity index (χ4n) is 1.88. The predicted octanol–water partition coefficient (Wildman–Crippen LogP) is 2.25. The summed E-state index contributed by atoms with van der Waals surface area (Å²) in [6, 6.07) is 2.97. The standard InChI is InChI=1S/C13H11FN4O/c1-8-5-16-12(17-13(8)19-2)10-6-15-11-4-3-9(14)7-18(10)11/h3-7H,1-2H3. The van der Waals surface area contributed by atoms with E-state index >= 15 is 0 Å². The van der Waals surface area contributed by atoms with E-state index < -0.39 is 0 Å². The Balaban J connectivity index is 2.21. The van der Waals surface area contributed by atoms with Gasteiger partial charge in [-0.05, 0) is 19.1 Å². The summed E-state index contributed by atoms with van der Waals surface area (Å²) < 4.78 is 20.1. The molecule has 0 N–H and O–H groups in total. The second-order valence-corrected chi connectivity index (χ2v) is 4.10. The Kier molecular flexibility index (Phi) is 2.63. The largest absolute Gasteiger partial charge is 0.481 e. The lowest BCUT2D eigenvalue weighted by molar-refractivity contribution is 0.394. The van der Waals surface area contributed by atoms with Crippen LogP contribution >= 0.6 is 0 Å².